The summed E-state index contributed by atoms with van der Waals surface area (Å²) in [5.41, 5.74) is 7.77. The van der Waals surface area contributed by atoms with Gasteiger partial charge in [-0.15, -0.1) is 0 Å². The predicted octanol–water partition coefficient (Wildman–Crippen LogP) is 1.90. The molecule has 0 saturated heterocycles. The highest BCUT2D eigenvalue weighted by Crippen LogP contribution is 2.17. The summed E-state index contributed by atoms with van der Waals surface area (Å²) in [6, 6.07) is 4.26. The Morgan fingerprint density at radius 1 is 1.43 bits per heavy atom. The predicted molar refractivity (Wildman–Crippen MR) is 52.7 cm³/mol. The van der Waals surface area contributed by atoms with Gasteiger partial charge in [-0.05, 0) is 30.7 Å². The zero-order valence-electron chi connectivity index (χ0n) is 7.74. The first-order valence-electron chi connectivity index (χ1n) is 4.23. The van der Waals surface area contributed by atoms with E-state index >= 15 is 0 Å². The number of hydrogen-bond donors (Lipinski definition) is 1. The van der Waals surface area contributed by atoms with Gasteiger partial charge in [0.15, 0.2) is 0 Å². The second kappa shape index (κ2) is 3.14. The minimum atomic E-state index is -0.338. The van der Waals surface area contributed by atoms with Crippen LogP contribution in [0.25, 0.3) is 5.69 Å². The van der Waals surface area contributed by atoms with Crippen LogP contribution in [-0.2, 0) is 0 Å². The lowest BCUT2D eigenvalue weighted by molar-refractivity contribution is 0.628. The maximum absolute atomic E-state index is 12.8. The molecule has 72 valence electrons. The molecule has 0 aliphatic heterocycles. The summed E-state index contributed by atoms with van der Waals surface area (Å²) in [4.78, 5) is 0. The van der Waals surface area contributed by atoms with Gasteiger partial charge in [-0.1, -0.05) is 0 Å². The molecular formula is C10H10FN3. The van der Waals surface area contributed by atoms with Crippen molar-refractivity contribution < 1.29 is 4.39 Å². The lowest BCUT2D eigenvalue weighted by Crippen LogP contribution is -2.00. The van der Waals surface area contributed by atoms with E-state index in [-0.39, 0.29) is 5.82 Å². The average molecular weight is 191 g/mol. The van der Waals surface area contributed by atoms with Crippen LogP contribution in [-0.4, -0.2) is 9.78 Å². The number of anilines is 1. The zero-order chi connectivity index (χ0) is 10.1. The smallest absolute Gasteiger partial charge is 0.125 e. The molecular weight excluding hydrogens is 181 g/mol. The van der Waals surface area contributed by atoms with Gasteiger partial charge in [0, 0.05) is 6.20 Å². The van der Waals surface area contributed by atoms with Gasteiger partial charge < -0.3 is 5.73 Å². The summed E-state index contributed by atoms with van der Waals surface area (Å²) >= 11 is 0. The zero-order valence-corrected chi connectivity index (χ0v) is 7.74. The van der Waals surface area contributed by atoms with Crippen molar-refractivity contribution in [1.29, 1.82) is 0 Å². The van der Waals surface area contributed by atoms with Crippen molar-refractivity contribution in [2.75, 3.05) is 5.73 Å². The van der Waals surface area contributed by atoms with Gasteiger partial charge in [0.2, 0.25) is 0 Å². The molecule has 4 heteroatoms. The van der Waals surface area contributed by atoms with E-state index in [4.69, 9.17) is 5.73 Å². The van der Waals surface area contributed by atoms with Crippen molar-refractivity contribution in [2.45, 2.75) is 6.92 Å². The maximum Gasteiger partial charge on any atom is 0.125 e. The van der Waals surface area contributed by atoms with Crippen LogP contribution in [0.4, 0.5) is 10.1 Å². The van der Waals surface area contributed by atoms with E-state index in [1.54, 1.807) is 16.9 Å². The lowest BCUT2D eigenvalue weighted by Gasteiger charge is -2.04. The fraction of sp³-hybridized carbons (Fsp3) is 0.100. The molecule has 0 aliphatic carbocycles. The SMILES string of the molecule is Cc1cnn(-c2ccc(F)cc2N)c1. The normalized spacial score (nSPS) is 10.4. The first kappa shape index (κ1) is 8.74. The molecule has 0 fully saturated rings. The van der Waals surface area contributed by atoms with Crippen LogP contribution in [0.3, 0.4) is 0 Å². The monoisotopic (exact) mass is 191 g/mol. The minimum Gasteiger partial charge on any atom is -0.397 e. The molecule has 0 atom stereocenters. The third-order valence-electron chi connectivity index (χ3n) is 1.95. The van der Waals surface area contributed by atoms with Crippen molar-refractivity contribution in [3.8, 4) is 5.69 Å². The highest BCUT2D eigenvalue weighted by atomic mass is 19.1. The second-order valence-electron chi connectivity index (χ2n) is 3.17. The molecule has 2 N–H and O–H groups in total. The standard InChI is InChI=1S/C10H10FN3/c1-7-5-13-14(6-7)10-3-2-8(11)4-9(10)12/h2-6H,12H2,1H3. The van der Waals surface area contributed by atoms with Crippen LogP contribution in [0, 0.1) is 12.7 Å². The van der Waals surface area contributed by atoms with Crippen molar-refractivity contribution in [1.82, 2.24) is 9.78 Å². The molecule has 0 bridgehead atoms. The van der Waals surface area contributed by atoms with Crippen molar-refractivity contribution in [2.24, 2.45) is 0 Å². The van der Waals surface area contributed by atoms with Crippen LogP contribution in [0.2, 0.25) is 0 Å². The molecule has 0 aliphatic rings. The number of nitrogens with zero attached hydrogens (tertiary/aromatic N) is 2. The van der Waals surface area contributed by atoms with Crippen LogP contribution >= 0.6 is 0 Å². The van der Waals surface area contributed by atoms with Gasteiger partial charge in [0.25, 0.3) is 0 Å². The fourth-order valence-corrected chi connectivity index (χ4v) is 1.28. The number of hydrogen-bond acceptors (Lipinski definition) is 2. The molecule has 3 nitrogen and oxygen atoms in total. The molecule has 2 aromatic rings. The Balaban J connectivity index is 2.52. The second-order valence-corrected chi connectivity index (χ2v) is 3.17. The van der Waals surface area contributed by atoms with Crippen molar-refractivity contribution in [3.05, 3.63) is 42.0 Å². The van der Waals surface area contributed by atoms with E-state index in [0.29, 0.717) is 11.4 Å². The van der Waals surface area contributed by atoms with E-state index in [2.05, 4.69) is 5.10 Å². The summed E-state index contributed by atoms with van der Waals surface area (Å²) in [6.07, 6.45) is 3.56. The summed E-state index contributed by atoms with van der Waals surface area (Å²) in [5, 5.41) is 4.09. The van der Waals surface area contributed by atoms with Gasteiger partial charge in [0.1, 0.15) is 5.82 Å². The van der Waals surface area contributed by atoms with Crippen molar-refractivity contribution >= 4 is 5.69 Å². The number of nitrogen functional groups attached to an aromatic ring is 1. The summed E-state index contributed by atoms with van der Waals surface area (Å²) < 4.78 is 14.4. The fourth-order valence-electron chi connectivity index (χ4n) is 1.28. The quantitative estimate of drug-likeness (QED) is 0.699. The van der Waals surface area contributed by atoms with Crippen LogP contribution in [0.5, 0.6) is 0 Å². The summed E-state index contributed by atoms with van der Waals surface area (Å²) in [6.45, 7) is 1.93. The Kier molecular flexibility index (Phi) is 1.96. The molecule has 0 spiro atoms. The van der Waals surface area contributed by atoms with Crippen LogP contribution < -0.4 is 5.73 Å². The number of nitrogens with two attached hydrogens (primary N) is 1. The lowest BCUT2D eigenvalue weighted by atomic mass is 10.2. The molecule has 1 aromatic heterocycles. The van der Waals surface area contributed by atoms with Gasteiger partial charge in [-0.2, -0.15) is 5.10 Å². The van der Waals surface area contributed by atoms with E-state index in [1.807, 2.05) is 13.1 Å². The van der Waals surface area contributed by atoms with Gasteiger partial charge in [0.05, 0.1) is 17.6 Å². The number of benzene rings is 1. The van der Waals surface area contributed by atoms with Crippen LogP contribution in [0.1, 0.15) is 5.56 Å². The Labute approximate surface area is 81.0 Å². The Bertz CT molecular complexity index is 462. The van der Waals surface area contributed by atoms with Gasteiger partial charge in [-0.3, -0.25) is 0 Å². The first-order valence-corrected chi connectivity index (χ1v) is 4.23. The molecule has 0 unspecified atom stereocenters. The molecule has 1 aromatic carbocycles. The van der Waals surface area contributed by atoms with E-state index in [1.165, 1.54) is 12.1 Å². The van der Waals surface area contributed by atoms with Gasteiger partial charge >= 0.3 is 0 Å². The number of aryl methyl sites for hydroxylation is 1. The van der Waals surface area contributed by atoms with E-state index in [9.17, 15) is 4.39 Å². The minimum absolute atomic E-state index is 0.338. The van der Waals surface area contributed by atoms with Crippen molar-refractivity contribution in [3.63, 3.8) is 0 Å². The van der Waals surface area contributed by atoms with E-state index in [0.717, 1.165) is 5.56 Å². The number of halogens is 1. The first-order chi connectivity index (χ1) is 6.66. The average Bonchev–Trinajstić information content (AvgIpc) is 2.51. The molecule has 0 radical (unpaired) electrons. The molecule has 1 heterocycles. The molecule has 0 saturated carbocycles. The van der Waals surface area contributed by atoms with Gasteiger partial charge in [-0.25, -0.2) is 9.07 Å². The summed E-state index contributed by atoms with van der Waals surface area (Å²) in [5.74, 6) is -0.338. The molecule has 0 amide bonds. The highest BCUT2D eigenvalue weighted by Gasteiger charge is 2.03. The van der Waals surface area contributed by atoms with E-state index < -0.39 is 0 Å². The summed E-state index contributed by atoms with van der Waals surface area (Å²) in [7, 11) is 0. The number of aromatic nitrogens is 2. The Morgan fingerprint density at radius 2 is 2.21 bits per heavy atom. The Morgan fingerprint density at radius 3 is 2.79 bits per heavy atom. The highest BCUT2D eigenvalue weighted by molar-refractivity contribution is 5.57. The third-order valence-corrected chi connectivity index (χ3v) is 1.95. The molecule has 2 rings (SSSR count). The maximum atomic E-state index is 12.8. The third kappa shape index (κ3) is 1.46. The Hall–Kier alpha value is -1.84. The van der Waals surface area contributed by atoms with Crippen LogP contribution in [0.15, 0.2) is 30.6 Å². The largest absolute Gasteiger partial charge is 0.397 e. The topological polar surface area (TPSA) is 43.8 Å². The number of rotatable bonds is 1. The molecule has 14 heavy (non-hydrogen) atoms.